The molecule has 0 saturated carbocycles. The Morgan fingerprint density at radius 3 is 2.69 bits per heavy atom. The number of fused-ring (bicyclic) bond motifs is 1. The van der Waals surface area contributed by atoms with Gasteiger partial charge in [-0.25, -0.2) is 8.78 Å². The smallest absolute Gasteiger partial charge is 0.286 e. The molecule has 3 heterocycles. The van der Waals surface area contributed by atoms with Crippen molar-refractivity contribution in [3.63, 3.8) is 0 Å². The maximum Gasteiger partial charge on any atom is 0.286 e. The molecule has 1 atom stereocenters. The fourth-order valence-electron chi connectivity index (χ4n) is 3.88. The van der Waals surface area contributed by atoms with Crippen LogP contribution in [-0.4, -0.2) is 62.9 Å². The number of hydrogen-bond donors (Lipinski definition) is 1. The number of nitrogens with zero attached hydrogens (tertiary/aromatic N) is 5. The molecule has 13 heteroatoms. The minimum Gasteiger partial charge on any atom is -0.493 e. The van der Waals surface area contributed by atoms with Crippen LogP contribution in [0.4, 0.5) is 8.78 Å². The number of hydrogen-bond acceptors (Lipinski definition) is 7. The summed E-state index contributed by atoms with van der Waals surface area (Å²) in [4.78, 5) is 14.5. The summed E-state index contributed by atoms with van der Waals surface area (Å²) in [6, 6.07) is 7.04. The Bertz CT molecular complexity index is 1280. The molecule has 0 fully saturated rings. The number of benzene rings is 1. The maximum absolute atomic E-state index is 13.2. The van der Waals surface area contributed by atoms with Gasteiger partial charge >= 0.3 is 0 Å². The predicted octanol–water partition coefficient (Wildman–Crippen LogP) is 1.99. The molecule has 2 aromatic heterocycles. The summed E-state index contributed by atoms with van der Waals surface area (Å²) in [6.07, 6.45) is 1.43. The van der Waals surface area contributed by atoms with Crippen molar-refractivity contribution in [1.29, 1.82) is 0 Å². The van der Waals surface area contributed by atoms with Crippen molar-refractivity contribution < 1.29 is 31.8 Å². The highest BCUT2D eigenvalue weighted by atomic mass is 32.2. The van der Waals surface area contributed by atoms with E-state index >= 15 is 0 Å². The molecule has 0 radical (unpaired) electrons. The van der Waals surface area contributed by atoms with Crippen LogP contribution < -0.4 is 4.74 Å². The second-order valence-corrected chi connectivity index (χ2v) is 9.88. The van der Waals surface area contributed by atoms with Crippen LogP contribution in [0.2, 0.25) is 0 Å². The van der Waals surface area contributed by atoms with Crippen LogP contribution in [0.3, 0.4) is 0 Å². The Morgan fingerprint density at radius 1 is 1.23 bits per heavy atom. The number of aromatic nitrogens is 4. The summed E-state index contributed by atoms with van der Waals surface area (Å²) < 4.78 is 58.1. The number of aliphatic hydroxyl groups is 1. The Kier molecular flexibility index (Phi) is 7.17. The van der Waals surface area contributed by atoms with E-state index in [9.17, 15) is 27.1 Å². The number of ether oxygens (including phenoxy) is 1. The maximum atomic E-state index is 13.2. The molecular formula is C22H25F2N5O5S. The first kappa shape index (κ1) is 24.8. The van der Waals surface area contributed by atoms with Crippen LogP contribution in [0.15, 0.2) is 47.8 Å². The highest BCUT2D eigenvalue weighted by Gasteiger charge is 2.34. The molecule has 4 rings (SSSR count). The Balaban J connectivity index is 1.50. The molecule has 1 aliphatic rings. The van der Waals surface area contributed by atoms with E-state index in [1.165, 1.54) is 11.1 Å². The second kappa shape index (κ2) is 10.1. The van der Waals surface area contributed by atoms with Crippen molar-refractivity contribution >= 4 is 15.9 Å². The lowest BCUT2D eigenvalue weighted by molar-refractivity contribution is -0.134. The zero-order valence-electron chi connectivity index (χ0n) is 18.9. The summed E-state index contributed by atoms with van der Waals surface area (Å²) in [6.45, 7) is 1.48. The molecule has 3 aromatic rings. The molecular weight excluding hydrogens is 484 g/mol. The van der Waals surface area contributed by atoms with E-state index in [2.05, 4.69) is 10.2 Å². The zero-order chi connectivity index (χ0) is 25.2. The van der Waals surface area contributed by atoms with Crippen molar-refractivity contribution in [3.8, 4) is 5.75 Å². The van der Waals surface area contributed by atoms with Gasteiger partial charge < -0.3 is 14.7 Å². The van der Waals surface area contributed by atoms with E-state index in [1.807, 2.05) is 6.92 Å². The molecule has 1 amide bonds. The zero-order valence-corrected chi connectivity index (χ0v) is 19.7. The Labute approximate surface area is 200 Å². The van der Waals surface area contributed by atoms with E-state index in [-0.39, 0.29) is 23.9 Å². The van der Waals surface area contributed by atoms with Crippen molar-refractivity contribution in [2.75, 3.05) is 13.2 Å². The molecule has 0 saturated heterocycles. The Morgan fingerprint density at radius 2 is 2.00 bits per heavy atom. The topological polar surface area (TPSA) is 120 Å². The van der Waals surface area contributed by atoms with Gasteiger partial charge in [-0.15, -0.1) is 0 Å². The van der Waals surface area contributed by atoms with Gasteiger partial charge in [0.05, 0.1) is 37.6 Å². The average Bonchev–Trinajstić information content (AvgIpc) is 3.54. The van der Waals surface area contributed by atoms with Gasteiger partial charge in [-0.05, 0) is 12.5 Å². The number of amides is 1. The van der Waals surface area contributed by atoms with Gasteiger partial charge in [0.15, 0.2) is 0 Å². The average molecular weight is 510 g/mol. The standard InChI is InChI=1S/C22H25F2N5O5S/c1-2-7-34-20-6-4-3-5-17(20)18(14-30)22(31)27-9-15-10-29(26-19(15)12-27)35(32,33)16-8-25-28(11-16)13-21(23)24/h3-6,8,10-11,18,21,30H,2,7,9,12-14H2,1H3. The lowest BCUT2D eigenvalue weighted by Gasteiger charge is -2.23. The molecule has 1 aromatic carbocycles. The first-order valence-electron chi connectivity index (χ1n) is 11.0. The normalized spacial score (nSPS) is 14.4. The van der Waals surface area contributed by atoms with Crippen LogP contribution >= 0.6 is 0 Å². The lowest BCUT2D eigenvalue weighted by Crippen LogP contribution is -2.33. The van der Waals surface area contributed by atoms with Crippen LogP contribution in [0, 0.1) is 0 Å². The first-order valence-corrected chi connectivity index (χ1v) is 12.4. The molecule has 35 heavy (non-hydrogen) atoms. The SMILES string of the molecule is CCCOc1ccccc1C(CO)C(=O)N1Cc2cn(S(=O)(=O)c3cnn(CC(F)F)c3)nc2C1. The van der Waals surface area contributed by atoms with Gasteiger partial charge in [-0.3, -0.25) is 9.48 Å². The quantitative estimate of drug-likeness (QED) is 0.444. The van der Waals surface area contributed by atoms with Crippen molar-refractivity contribution in [2.45, 2.75) is 50.2 Å². The number of carbonyl (C=O) groups is 1. The van der Waals surface area contributed by atoms with E-state index in [0.717, 1.165) is 27.6 Å². The van der Waals surface area contributed by atoms with E-state index < -0.39 is 35.5 Å². The molecule has 188 valence electrons. The molecule has 1 aliphatic heterocycles. The minimum absolute atomic E-state index is 0.0653. The van der Waals surface area contributed by atoms with Gasteiger partial charge in [0.25, 0.3) is 16.4 Å². The summed E-state index contributed by atoms with van der Waals surface area (Å²) in [7, 11) is -4.13. The largest absolute Gasteiger partial charge is 0.493 e. The van der Waals surface area contributed by atoms with Crippen molar-refractivity contribution in [3.05, 3.63) is 59.7 Å². The van der Waals surface area contributed by atoms with Gasteiger partial charge in [0, 0.05) is 30.1 Å². The third-order valence-corrected chi connectivity index (χ3v) is 7.07. The highest BCUT2D eigenvalue weighted by Crippen LogP contribution is 2.31. The highest BCUT2D eigenvalue weighted by molar-refractivity contribution is 7.89. The van der Waals surface area contributed by atoms with Gasteiger partial charge in [-0.1, -0.05) is 25.1 Å². The van der Waals surface area contributed by atoms with Crippen LogP contribution in [-0.2, 0) is 34.5 Å². The molecule has 1 unspecified atom stereocenters. The molecule has 10 nitrogen and oxygen atoms in total. The fraction of sp³-hybridized carbons (Fsp3) is 0.409. The summed E-state index contributed by atoms with van der Waals surface area (Å²) in [5, 5.41) is 17.8. The second-order valence-electron chi connectivity index (χ2n) is 8.08. The van der Waals surface area contributed by atoms with E-state index in [1.54, 1.807) is 24.3 Å². The molecule has 0 bridgehead atoms. The first-order chi connectivity index (χ1) is 16.7. The predicted molar refractivity (Wildman–Crippen MR) is 119 cm³/mol. The van der Waals surface area contributed by atoms with Crippen molar-refractivity contribution in [1.82, 2.24) is 23.9 Å². The van der Waals surface area contributed by atoms with E-state index in [4.69, 9.17) is 4.74 Å². The molecule has 0 spiro atoms. The van der Waals surface area contributed by atoms with Gasteiger partial charge in [-0.2, -0.15) is 22.7 Å². The van der Waals surface area contributed by atoms with Gasteiger partial charge in [0.2, 0.25) is 5.91 Å². The van der Waals surface area contributed by atoms with Crippen LogP contribution in [0.1, 0.15) is 36.1 Å². The third-order valence-electron chi connectivity index (χ3n) is 5.59. The number of aliphatic hydroxyl groups excluding tert-OH is 1. The summed E-state index contributed by atoms with van der Waals surface area (Å²) in [5.74, 6) is -0.647. The summed E-state index contributed by atoms with van der Waals surface area (Å²) >= 11 is 0. The fourth-order valence-corrected chi connectivity index (χ4v) is 5.00. The Hall–Kier alpha value is -3.32. The van der Waals surface area contributed by atoms with Crippen molar-refractivity contribution in [2.24, 2.45) is 0 Å². The van der Waals surface area contributed by atoms with E-state index in [0.29, 0.717) is 29.2 Å². The van der Waals surface area contributed by atoms with Crippen LogP contribution in [0.25, 0.3) is 0 Å². The number of para-hydroxylation sites is 1. The minimum atomic E-state index is -4.13. The number of rotatable bonds is 10. The van der Waals surface area contributed by atoms with Gasteiger partial charge in [0.1, 0.15) is 17.2 Å². The number of carbonyl (C=O) groups excluding carboxylic acids is 1. The summed E-state index contributed by atoms with van der Waals surface area (Å²) in [5.41, 5.74) is 1.51. The monoisotopic (exact) mass is 509 g/mol. The number of alkyl halides is 2. The number of halogens is 2. The molecule has 1 N–H and O–H groups in total. The molecule has 0 aliphatic carbocycles. The van der Waals surface area contributed by atoms with Crippen LogP contribution in [0.5, 0.6) is 5.75 Å². The third kappa shape index (κ3) is 5.05. The lowest BCUT2D eigenvalue weighted by atomic mass is 9.97.